The van der Waals surface area contributed by atoms with Crippen molar-refractivity contribution in [2.24, 2.45) is 164 Å². The van der Waals surface area contributed by atoms with E-state index in [-0.39, 0.29) is 82.9 Å². The van der Waals surface area contributed by atoms with E-state index in [9.17, 15) is 28.8 Å². The number of hydrogen-bond acceptors (Lipinski definition) is 12. The largest absolute Gasteiger partial charge is 0.462 e. The molecule has 27 unspecified atom stereocenters. The summed E-state index contributed by atoms with van der Waals surface area (Å²) < 4.78 is 36.4. The summed E-state index contributed by atoms with van der Waals surface area (Å²) in [5.41, 5.74) is -3.17. The van der Waals surface area contributed by atoms with Crippen molar-refractivity contribution in [2.75, 3.05) is 0 Å². The molecule has 15 aliphatic carbocycles. The predicted molar refractivity (Wildman–Crippen MR) is 352 cm³/mol. The maximum Gasteiger partial charge on any atom is 0.312 e. The third-order valence-electron chi connectivity index (χ3n) is 30.3. The fourth-order valence-corrected chi connectivity index (χ4v) is 25.7. The Kier molecular flexibility index (Phi) is 17.4. The first-order valence-electron chi connectivity index (χ1n) is 38.4. The van der Waals surface area contributed by atoms with Gasteiger partial charge in [-0.05, 0) is 349 Å². The number of fused-ring (bicyclic) bond motifs is 34. The molecule has 12 heteroatoms. The summed E-state index contributed by atoms with van der Waals surface area (Å²) in [5, 5.41) is 0. The Morgan fingerprint density at radius 1 is 0.380 bits per heavy atom. The van der Waals surface area contributed by atoms with E-state index in [1.54, 1.807) is 0 Å². The highest BCUT2D eigenvalue weighted by Gasteiger charge is 2.75. The summed E-state index contributed by atoms with van der Waals surface area (Å²) in [6.45, 7) is 34.0. The molecule has 0 spiro atoms. The molecule has 14 bridgehead atoms. The molecule has 0 aliphatic heterocycles. The topological polar surface area (TPSA) is 158 Å². The lowest BCUT2D eigenvalue weighted by Crippen LogP contribution is -2.51. The van der Waals surface area contributed by atoms with Crippen molar-refractivity contribution < 1.29 is 57.2 Å². The summed E-state index contributed by atoms with van der Waals surface area (Å²) in [7, 11) is 0. The standard InChI is InChI=1S/C28H42O4.C28H44O4.C24H38O4/c1-7-28(5,6)26(30)31-20-11-14-10-17(20)24-19-12-18(22(14)24)23-15-8-13(21(19)23)9-16(15)25(29)32-27(2,3)4;1-6-27(2,3)26(30)31-22-15-17-14-21(22)24-16-12-19(23(17)24)20(13-16)25(29)32-28(4,5)18-10-8-7-9-11-18;1-7-23(5,6)21(26)28-24(13-18(25)27-22(2,3)4)12-16-11-17(24)20-15-9-8-14(10-15)19(16)20/h13-24H,7-12H2,1-6H3;16-24H,6-15H2,1-5H3;14-17,19-20H,7-13H2,1-6H3. The van der Waals surface area contributed by atoms with Gasteiger partial charge in [0, 0.05) is 5.92 Å². The average Bonchev–Trinajstić information content (AvgIpc) is 1.52. The van der Waals surface area contributed by atoms with Crippen LogP contribution in [0.25, 0.3) is 0 Å². The second-order valence-electron chi connectivity index (χ2n) is 38.8. The van der Waals surface area contributed by atoms with Crippen LogP contribution in [-0.4, -0.2) is 70.4 Å². The Balaban J connectivity index is 0.000000126. The first-order chi connectivity index (χ1) is 43.1. The number of rotatable bonds is 15. The molecule has 0 amide bonds. The Morgan fingerprint density at radius 3 is 1.34 bits per heavy atom. The lowest BCUT2D eigenvalue weighted by molar-refractivity contribution is -0.190. The van der Waals surface area contributed by atoms with Crippen LogP contribution in [0.3, 0.4) is 0 Å². The van der Waals surface area contributed by atoms with Crippen molar-refractivity contribution in [3.05, 3.63) is 0 Å². The van der Waals surface area contributed by atoms with Gasteiger partial charge in [0.15, 0.2) is 0 Å². The van der Waals surface area contributed by atoms with E-state index in [0.717, 1.165) is 123 Å². The highest BCUT2D eigenvalue weighted by Crippen LogP contribution is 2.78. The number of carbonyl (C=O) groups is 6. The smallest absolute Gasteiger partial charge is 0.312 e. The normalized spacial score (nSPS) is 44.2. The molecule has 15 saturated carbocycles. The van der Waals surface area contributed by atoms with E-state index in [1.165, 1.54) is 83.5 Å². The van der Waals surface area contributed by atoms with Crippen LogP contribution in [0.15, 0.2) is 0 Å². The molecule has 0 aromatic carbocycles. The second-order valence-corrected chi connectivity index (χ2v) is 38.8. The van der Waals surface area contributed by atoms with Gasteiger partial charge in [-0.25, -0.2) is 0 Å². The van der Waals surface area contributed by atoms with E-state index >= 15 is 0 Å². The molecule has 0 N–H and O–H groups in total. The van der Waals surface area contributed by atoms with Gasteiger partial charge in [-0.1, -0.05) is 40.0 Å². The highest BCUT2D eigenvalue weighted by atomic mass is 16.6. The summed E-state index contributed by atoms with van der Waals surface area (Å²) >= 11 is 0. The van der Waals surface area contributed by atoms with Crippen molar-refractivity contribution >= 4 is 35.8 Å². The van der Waals surface area contributed by atoms with Crippen LogP contribution in [0.2, 0.25) is 0 Å². The highest BCUT2D eigenvalue weighted by molar-refractivity contribution is 5.79. The predicted octanol–water partition coefficient (Wildman–Crippen LogP) is 16.8. The lowest BCUT2D eigenvalue weighted by atomic mass is 9.58. The Morgan fingerprint density at radius 2 is 0.815 bits per heavy atom. The second kappa shape index (κ2) is 23.8. The summed E-state index contributed by atoms with van der Waals surface area (Å²) in [5.74, 6) is 15.6. The van der Waals surface area contributed by atoms with Crippen molar-refractivity contribution in [3.8, 4) is 0 Å². The molecular formula is C80H124O12. The maximum atomic E-state index is 13.3. The van der Waals surface area contributed by atoms with Gasteiger partial charge in [0.05, 0.1) is 34.5 Å². The monoisotopic (exact) mass is 1280 g/mol. The molecule has 15 rings (SSSR count). The molecule has 0 radical (unpaired) electrons. The molecular weight excluding hydrogens is 1150 g/mol. The average molecular weight is 1280 g/mol. The van der Waals surface area contributed by atoms with Crippen LogP contribution >= 0.6 is 0 Å². The molecule has 516 valence electrons. The molecule has 92 heavy (non-hydrogen) atoms. The van der Waals surface area contributed by atoms with Crippen LogP contribution in [0.4, 0.5) is 0 Å². The minimum Gasteiger partial charge on any atom is -0.462 e. The van der Waals surface area contributed by atoms with E-state index in [2.05, 4.69) is 27.7 Å². The van der Waals surface area contributed by atoms with Gasteiger partial charge < -0.3 is 28.4 Å². The fourth-order valence-electron chi connectivity index (χ4n) is 25.7. The number of ether oxygens (including phenoxy) is 6. The van der Waals surface area contributed by atoms with E-state index in [4.69, 9.17) is 28.4 Å². The van der Waals surface area contributed by atoms with Crippen molar-refractivity contribution in [1.29, 1.82) is 0 Å². The molecule has 27 atom stereocenters. The van der Waals surface area contributed by atoms with Gasteiger partial charge >= 0.3 is 35.8 Å². The van der Waals surface area contributed by atoms with Gasteiger partial charge in [0.1, 0.15) is 34.6 Å². The third-order valence-corrected chi connectivity index (χ3v) is 30.3. The van der Waals surface area contributed by atoms with E-state index in [0.29, 0.717) is 71.0 Å². The lowest BCUT2D eigenvalue weighted by Gasteiger charge is -2.48. The van der Waals surface area contributed by atoms with Gasteiger partial charge in [0.2, 0.25) is 0 Å². The maximum absolute atomic E-state index is 13.3. The first-order valence-corrected chi connectivity index (χ1v) is 38.4. The van der Waals surface area contributed by atoms with Crippen molar-refractivity contribution in [3.63, 3.8) is 0 Å². The molecule has 15 fully saturated rings. The zero-order valence-electron chi connectivity index (χ0n) is 60.3. The summed E-state index contributed by atoms with van der Waals surface area (Å²) in [4.78, 5) is 77.7. The molecule has 0 aromatic rings. The molecule has 0 heterocycles. The van der Waals surface area contributed by atoms with Crippen LogP contribution in [0.5, 0.6) is 0 Å². The Hall–Kier alpha value is -3.18. The van der Waals surface area contributed by atoms with Gasteiger partial charge in [-0.15, -0.1) is 0 Å². The van der Waals surface area contributed by atoms with Gasteiger partial charge in [0.25, 0.3) is 0 Å². The van der Waals surface area contributed by atoms with Gasteiger partial charge in [-0.2, -0.15) is 0 Å². The minimum absolute atomic E-state index is 0.00950. The summed E-state index contributed by atoms with van der Waals surface area (Å²) in [6.07, 6.45) is 25.6. The SMILES string of the molecule is CCC(C)(C)C(=O)OC1(CC(=O)OC(C)(C)C)CC2CC1C1C3CCC(C3)C21.CCC(C)(C)C(=O)OC1CC2CC1C1C3CC(C(=O)OC(C)(C)C4CCCCC4)C(C3)C21.CCC(C)(C)C(=O)OC1CC2CC1C1C3CC(C21)C1C2CC(CC2C(=O)OC(C)(C)C)C31. The molecule has 0 saturated heterocycles. The van der Waals surface area contributed by atoms with Crippen LogP contribution in [0, 0.1) is 164 Å². The van der Waals surface area contributed by atoms with Crippen molar-refractivity contribution in [2.45, 2.75) is 300 Å². The van der Waals surface area contributed by atoms with Gasteiger partial charge in [-0.3, -0.25) is 28.8 Å². The van der Waals surface area contributed by atoms with E-state index < -0.39 is 22.0 Å². The quantitative estimate of drug-likeness (QED) is 0.0869. The van der Waals surface area contributed by atoms with Crippen LogP contribution < -0.4 is 0 Å². The molecule has 0 aromatic heterocycles. The van der Waals surface area contributed by atoms with Crippen molar-refractivity contribution in [1.82, 2.24) is 0 Å². The zero-order valence-corrected chi connectivity index (χ0v) is 60.3. The van der Waals surface area contributed by atoms with Crippen LogP contribution in [-0.2, 0) is 57.2 Å². The molecule has 15 aliphatic rings. The third kappa shape index (κ3) is 11.6. The number of carbonyl (C=O) groups excluding carboxylic acids is 6. The van der Waals surface area contributed by atoms with E-state index in [1.807, 2.05) is 90.0 Å². The minimum atomic E-state index is -0.651. The zero-order chi connectivity index (χ0) is 66.1. The Labute approximate surface area is 554 Å². The summed E-state index contributed by atoms with van der Waals surface area (Å²) in [6, 6.07) is 0. The fraction of sp³-hybridized carbons (Fsp3) is 0.925. The van der Waals surface area contributed by atoms with Crippen LogP contribution in [0.1, 0.15) is 265 Å². The number of hydrogen-bond donors (Lipinski definition) is 0. The molecule has 12 nitrogen and oxygen atoms in total. The Bertz CT molecular complexity index is 2830. The first kappa shape index (κ1) is 67.4. The number of esters is 6.